The second kappa shape index (κ2) is 3.86. The van der Waals surface area contributed by atoms with Crippen LogP contribution in [-0.4, -0.2) is 19.3 Å². The minimum Gasteiger partial charge on any atom is -0.491 e. The van der Waals surface area contributed by atoms with Crippen molar-refractivity contribution in [2.24, 2.45) is 5.92 Å². The molecule has 1 unspecified atom stereocenters. The third-order valence-corrected chi connectivity index (χ3v) is 3.01. The first-order valence-electron chi connectivity index (χ1n) is 5.74. The molecule has 15 heavy (non-hydrogen) atoms. The molecule has 0 bridgehead atoms. The summed E-state index contributed by atoms with van der Waals surface area (Å²) in [6.07, 6.45) is 4.31. The van der Waals surface area contributed by atoms with Gasteiger partial charge >= 0.3 is 0 Å². The van der Waals surface area contributed by atoms with Crippen molar-refractivity contribution in [3.05, 3.63) is 29.8 Å². The van der Waals surface area contributed by atoms with Crippen molar-refractivity contribution < 1.29 is 9.47 Å². The number of benzene rings is 1. The fourth-order valence-electron chi connectivity index (χ4n) is 1.79. The van der Waals surface area contributed by atoms with Crippen molar-refractivity contribution in [3.63, 3.8) is 0 Å². The van der Waals surface area contributed by atoms with Gasteiger partial charge in [0.05, 0.1) is 6.61 Å². The summed E-state index contributed by atoms with van der Waals surface area (Å²) < 4.78 is 10.9. The molecular formula is C13H16O2. The Labute approximate surface area is 90.2 Å². The zero-order chi connectivity index (χ0) is 10.1. The summed E-state index contributed by atoms with van der Waals surface area (Å²) in [6.45, 7) is 1.58. The number of para-hydroxylation sites is 1. The van der Waals surface area contributed by atoms with Gasteiger partial charge in [0.2, 0.25) is 0 Å². The molecule has 1 aliphatic heterocycles. The molecule has 1 heterocycles. The number of epoxide rings is 1. The summed E-state index contributed by atoms with van der Waals surface area (Å²) in [5.74, 6) is 1.96. The fraction of sp³-hybridized carbons (Fsp3) is 0.538. The minimum absolute atomic E-state index is 0.346. The van der Waals surface area contributed by atoms with Crippen molar-refractivity contribution in [3.8, 4) is 5.75 Å². The lowest BCUT2D eigenvalue weighted by atomic mass is 10.1. The Hall–Kier alpha value is -1.02. The van der Waals surface area contributed by atoms with Crippen LogP contribution in [0.5, 0.6) is 5.75 Å². The molecule has 80 valence electrons. The number of ether oxygens (including phenoxy) is 2. The van der Waals surface area contributed by atoms with Gasteiger partial charge in [0, 0.05) is 0 Å². The first kappa shape index (κ1) is 9.22. The van der Waals surface area contributed by atoms with Gasteiger partial charge in [-0.05, 0) is 36.8 Å². The normalized spacial score (nSPS) is 23.9. The largest absolute Gasteiger partial charge is 0.491 e. The fourth-order valence-corrected chi connectivity index (χ4v) is 1.79. The molecule has 1 atom stereocenters. The van der Waals surface area contributed by atoms with E-state index in [4.69, 9.17) is 9.47 Å². The maximum Gasteiger partial charge on any atom is 0.122 e. The Morgan fingerprint density at radius 2 is 2.07 bits per heavy atom. The van der Waals surface area contributed by atoms with Crippen molar-refractivity contribution in [1.82, 2.24) is 0 Å². The lowest BCUT2D eigenvalue weighted by Crippen LogP contribution is -2.06. The maximum absolute atomic E-state index is 5.76. The maximum atomic E-state index is 5.76. The SMILES string of the molecule is c1ccc(OCC2CO2)c(CC2CC2)c1. The van der Waals surface area contributed by atoms with Gasteiger partial charge in [-0.1, -0.05) is 18.2 Å². The predicted octanol–water partition coefficient (Wildman–Crippen LogP) is 2.42. The molecule has 2 heteroatoms. The molecule has 0 amide bonds. The van der Waals surface area contributed by atoms with Gasteiger partial charge in [-0.3, -0.25) is 0 Å². The molecule has 0 aromatic heterocycles. The van der Waals surface area contributed by atoms with E-state index in [-0.39, 0.29) is 0 Å². The molecular weight excluding hydrogens is 188 g/mol. The standard InChI is InChI=1S/C13H16O2/c1-2-4-13(15-9-12-8-14-12)11(3-1)7-10-5-6-10/h1-4,10,12H,5-9H2. The van der Waals surface area contributed by atoms with Crippen LogP contribution >= 0.6 is 0 Å². The summed E-state index contributed by atoms with van der Waals surface area (Å²) >= 11 is 0. The molecule has 0 N–H and O–H groups in total. The van der Waals surface area contributed by atoms with Crippen molar-refractivity contribution >= 4 is 0 Å². The van der Waals surface area contributed by atoms with Gasteiger partial charge < -0.3 is 9.47 Å². The Bertz CT molecular complexity index is 340. The van der Waals surface area contributed by atoms with E-state index in [1.807, 2.05) is 6.07 Å². The molecule has 3 rings (SSSR count). The first-order valence-corrected chi connectivity index (χ1v) is 5.74. The van der Waals surface area contributed by atoms with Crippen LogP contribution in [0.2, 0.25) is 0 Å². The summed E-state index contributed by atoms with van der Waals surface area (Å²) in [5, 5.41) is 0. The lowest BCUT2D eigenvalue weighted by molar-refractivity contribution is 0.261. The highest BCUT2D eigenvalue weighted by Gasteiger charge is 2.25. The zero-order valence-electron chi connectivity index (χ0n) is 8.82. The van der Waals surface area contributed by atoms with E-state index in [0.29, 0.717) is 12.7 Å². The Morgan fingerprint density at radius 1 is 1.27 bits per heavy atom. The average molecular weight is 204 g/mol. The van der Waals surface area contributed by atoms with Gasteiger partial charge in [0.15, 0.2) is 0 Å². The van der Waals surface area contributed by atoms with Crippen LogP contribution in [0.4, 0.5) is 0 Å². The van der Waals surface area contributed by atoms with E-state index in [2.05, 4.69) is 18.2 Å². The van der Waals surface area contributed by atoms with Gasteiger partial charge in [0.1, 0.15) is 18.5 Å². The van der Waals surface area contributed by atoms with Gasteiger partial charge in [0.25, 0.3) is 0 Å². The van der Waals surface area contributed by atoms with Crippen molar-refractivity contribution in [1.29, 1.82) is 0 Å². The number of hydrogen-bond donors (Lipinski definition) is 0. The topological polar surface area (TPSA) is 21.8 Å². The molecule has 0 radical (unpaired) electrons. The molecule has 2 nitrogen and oxygen atoms in total. The van der Waals surface area contributed by atoms with E-state index >= 15 is 0 Å². The molecule has 2 fully saturated rings. The molecule has 1 aliphatic carbocycles. The third kappa shape index (κ3) is 2.51. The third-order valence-electron chi connectivity index (χ3n) is 3.01. The van der Waals surface area contributed by atoms with E-state index in [1.54, 1.807) is 0 Å². The van der Waals surface area contributed by atoms with Crippen LogP contribution < -0.4 is 4.74 Å². The van der Waals surface area contributed by atoms with Crippen LogP contribution in [0.1, 0.15) is 18.4 Å². The molecule has 1 saturated heterocycles. The van der Waals surface area contributed by atoms with Crippen LogP contribution in [0, 0.1) is 5.92 Å². The Morgan fingerprint density at radius 3 is 2.80 bits per heavy atom. The second-order valence-corrected chi connectivity index (χ2v) is 4.52. The smallest absolute Gasteiger partial charge is 0.122 e. The summed E-state index contributed by atoms with van der Waals surface area (Å²) in [6, 6.07) is 8.39. The monoisotopic (exact) mass is 204 g/mol. The minimum atomic E-state index is 0.346. The molecule has 1 aromatic carbocycles. The van der Waals surface area contributed by atoms with Crippen LogP contribution in [-0.2, 0) is 11.2 Å². The van der Waals surface area contributed by atoms with E-state index in [9.17, 15) is 0 Å². The lowest BCUT2D eigenvalue weighted by Gasteiger charge is -2.09. The highest BCUT2D eigenvalue weighted by Crippen LogP contribution is 2.35. The van der Waals surface area contributed by atoms with Crippen LogP contribution in [0.25, 0.3) is 0 Å². The summed E-state index contributed by atoms with van der Waals surface area (Å²) in [7, 11) is 0. The molecule has 1 saturated carbocycles. The zero-order valence-corrected chi connectivity index (χ0v) is 8.82. The number of rotatable bonds is 5. The predicted molar refractivity (Wildman–Crippen MR) is 58.1 cm³/mol. The highest BCUT2D eigenvalue weighted by molar-refractivity contribution is 5.34. The van der Waals surface area contributed by atoms with Crippen molar-refractivity contribution in [2.75, 3.05) is 13.2 Å². The first-order chi connectivity index (χ1) is 7.42. The quantitative estimate of drug-likeness (QED) is 0.687. The molecule has 2 aliphatic rings. The Kier molecular flexibility index (Phi) is 2.37. The molecule has 1 aromatic rings. The highest BCUT2D eigenvalue weighted by atomic mass is 16.6. The van der Waals surface area contributed by atoms with E-state index in [0.717, 1.165) is 18.3 Å². The summed E-state index contributed by atoms with van der Waals surface area (Å²) in [4.78, 5) is 0. The van der Waals surface area contributed by atoms with Crippen LogP contribution in [0.15, 0.2) is 24.3 Å². The Balaban J connectivity index is 1.66. The van der Waals surface area contributed by atoms with Crippen molar-refractivity contribution in [2.45, 2.75) is 25.4 Å². The van der Waals surface area contributed by atoms with Crippen LogP contribution in [0.3, 0.4) is 0 Å². The van der Waals surface area contributed by atoms with Gasteiger partial charge in [-0.2, -0.15) is 0 Å². The second-order valence-electron chi connectivity index (χ2n) is 4.52. The van der Waals surface area contributed by atoms with E-state index < -0.39 is 0 Å². The van der Waals surface area contributed by atoms with Gasteiger partial charge in [-0.25, -0.2) is 0 Å². The number of hydrogen-bond acceptors (Lipinski definition) is 2. The van der Waals surface area contributed by atoms with E-state index in [1.165, 1.54) is 24.8 Å². The average Bonchev–Trinajstić information content (AvgIpc) is 3.12. The summed E-state index contributed by atoms with van der Waals surface area (Å²) in [5.41, 5.74) is 1.36. The van der Waals surface area contributed by atoms with Gasteiger partial charge in [-0.15, -0.1) is 0 Å². The molecule has 0 spiro atoms.